The molecule has 0 atom stereocenters. The molecular formula is C59H42N2O2. The zero-order chi connectivity index (χ0) is 42.1. The molecule has 0 aromatic heterocycles. The molecule has 10 aromatic carbocycles. The summed E-state index contributed by atoms with van der Waals surface area (Å²) in [6.07, 6.45) is 0. The van der Waals surface area contributed by atoms with E-state index in [0.29, 0.717) is 0 Å². The van der Waals surface area contributed by atoms with Gasteiger partial charge in [0.15, 0.2) is 17.2 Å². The van der Waals surface area contributed by atoms with Crippen LogP contribution in [0.15, 0.2) is 212 Å². The highest BCUT2D eigenvalue weighted by Crippen LogP contribution is 2.54. The van der Waals surface area contributed by atoms with Crippen molar-refractivity contribution < 1.29 is 9.47 Å². The van der Waals surface area contributed by atoms with E-state index in [1.54, 1.807) is 0 Å². The van der Waals surface area contributed by atoms with Crippen LogP contribution in [0.1, 0.15) is 25.0 Å². The molecule has 0 fully saturated rings. The van der Waals surface area contributed by atoms with Gasteiger partial charge in [0.05, 0.1) is 17.1 Å². The van der Waals surface area contributed by atoms with Crippen LogP contribution in [0.25, 0.3) is 54.9 Å². The van der Waals surface area contributed by atoms with E-state index in [1.807, 2.05) is 72.8 Å². The Morgan fingerprint density at radius 3 is 1.84 bits per heavy atom. The first-order valence-electron chi connectivity index (χ1n) is 21.6. The van der Waals surface area contributed by atoms with Gasteiger partial charge in [0, 0.05) is 16.8 Å². The van der Waals surface area contributed by atoms with Gasteiger partial charge in [-0.2, -0.15) is 0 Å². The lowest BCUT2D eigenvalue weighted by Gasteiger charge is -2.33. The molecule has 4 heteroatoms. The number of rotatable bonds is 7. The maximum absolute atomic E-state index is 6.47. The van der Waals surface area contributed by atoms with Crippen LogP contribution >= 0.6 is 0 Å². The lowest BCUT2D eigenvalue weighted by molar-refractivity contribution is 0.477. The Kier molecular flexibility index (Phi) is 8.48. The topological polar surface area (TPSA) is 33.7 Å². The molecule has 300 valence electrons. The Hall–Kier alpha value is -8.08. The first-order valence-corrected chi connectivity index (χ1v) is 21.6. The van der Waals surface area contributed by atoms with Gasteiger partial charge < -0.3 is 19.7 Å². The summed E-state index contributed by atoms with van der Waals surface area (Å²) in [5.41, 5.74) is 14.8. The number of hydrogen-bond donors (Lipinski definition) is 1. The highest BCUT2D eigenvalue weighted by Gasteiger charge is 2.36. The summed E-state index contributed by atoms with van der Waals surface area (Å²) >= 11 is 0. The average molecular weight is 811 g/mol. The summed E-state index contributed by atoms with van der Waals surface area (Å²) in [5.74, 6) is 3.20. The van der Waals surface area contributed by atoms with E-state index >= 15 is 0 Å². The van der Waals surface area contributed by atoms with Crippen molar-refractivity contribution in [3.05, 3.63) is 223 Å². The van der Waals surface area contributed by atoms with E-state index in [-0.39, 0.29) is 5.41 Å². The molecule has 0 spiro atoms. The van der Waals surface area contributed by atoms with E-state index in [4.69, 9.17) is 9.47 Å². The van der Waals surface area contributed by atoms with Gasteiger partial charge in [0.1, 0.15) is 5.75 Å². The molecule has 0 saturated heterocycles. The normalized spacial score (nSPS) is 13.1. The smallest absolute Gasteiger partial charge is 0.151 e. The first kappa shape index (κ1) is 36.7. The van der Waals surface area contributed by atoms with Gasteiger partial charge in [-0.25, -0.2) is 0 Å². The number of anilines is 5. The lowest BCUT2D eigenvalue weighted by Crippen LogP contribution is -2.15. The van der Waals surface area contributed by atoms with Gasteiger partial charge >= 0.3 is 0 Å². The highest BCUT2D eigenvalue weighted by molar-refractivity contribution is 6.22. The third-order valence-corrected chi connectivity index (χ3v) is 12.9. The second-order valence-electron chi connectivity index (χ2n) is 16.9. The van der Waals surface area contributed by atoms with Crippen LogP contribution in [0.3, 0.4) is 0 Å². The second-order valence-corrected chi connectivity index (χ2v) is 16.9. The van der Waals surface area contributed by atoms with E-state index in [1.165, 1.54) is 55.1 Å². The van der Waals surface area contributed by atoms with Gasteiger partial charge in [-0.05, 0) is 145 Å². The molecular weight excluding hydrogens is 769 g/mol. The summed E-state index contributed by atoms with van der Waals surface area (Å²) in [4.78, 5) is 2.34. The number of nitrogens with one attached hydrogen (secondary N) is 1. The van der Waals surface area contributed by atoms with Crippen LogP contribution in [-0.4, -0.2) is 0 Å². The lowest BCUT2D eigenvalue weighted by atomic mass is 9.80. The molecule has 10 aromatic rings. The van der Waals surface area contributed by atoms with E-state index in [9.17, 15) is 0 Å². The van der Waals surface area contributed by atoms with Gasteiger partial charge in [0.2, 0.25) is 0 Å². The monoisotopic (exact) mass is 810 g/mol. The molecule has 2 aliphatic rings. The van der Waals surface area contributed by atoms with Crippen LogP contribution in [0.5, 0.6) is 23.0 Å². The van der Waals surface area contributed by atoms with Crippen molar-refractivity contribution in [1.82, 2.24) is 0 Å². The first-order chi connectivity index (χ1) is 31.0. The van der Waals surface area contributed by atoms with Gasteiger partial charge in [-0.3, -0.25) is 0 Å². The molecule has 0 amide bonds. The van der Waals surface area contributed by atoms with Crippen molar-refractivity contribution in [2.45, 2.75) is 19.3 Å². The molecule has 1 heterocycles. The summed E-state index contributed by atoms with van der Waals surface area (Å²) in [6, 6.07) is 75.3. The molecule has 0 bridgehead atoms. The van der Waals surface area contributed by atoms with Crippen LogP contribution in [-0.2, 0) is 5.41 Å². The highest BCUT2D eigenvalue weighted by atomic mass is 16.5. The van der Waals surface area contributed by atoms with Gasteiger partial charge in [-0.15, -0.1) is 0 Å². The van der Waals surface area contributed by atoms with Crippen LogP contribution in [0.4, 0.5) is 28.4 Å². The van der Waals surface area contributed by atoms with Crippen molar-refractivity contribution >= 4 is 50.0 Å². The molecule has 1 N–H and O–H groups in total. The zero-order valence-electron chi connectivity index (χ0n) is 35.0. The molecule has 0 radical (unpaired) electrons. The van der Waals surface area contributed by atoms with E-state index in [0.717, 1.165) is 62.4 Å². The largest absolute Gasteiger partial charge is 0.455 e. The van der Waals surface area contributed by atoms with Crippen LogP contribution < -0.4 is 19.7 Å². The van der Waals surface area contributed by atoms with Crippen molar-refractivity contribution in [3.8, 4) is 56.4 Å². The minimum atomic E-state index is -0.157. The molecule has 63 heavy (non-hydrogen) atoms. The summed E-state index contributed by atoms with van der Waals surface area (Å²) in [6.45, 7) is 4.72. The number of hydrogen-bond acceptors (Lipinski definition) is 4. The quantitative estimate of drug-likeness (QED) is 0.163. The Labute approximate surface area is 367 Å². The van der Waals surface area contributed by atoms with Gasteiger partial charge in [0.25, 0.3) is 0 Å². The standard InChI is InChI=1S/C59H42N2O2/c1-59(2)49-22-10-9-21-43(49)44-32-29-39(35-50(44)59)58-45-33-30-40(60-51-23-11-14-26-54(51)62-42-19-7-4-8-20-42)36-47(45)57(38-17-5-3-6-18-38)46-34-31-41(37-48(46)58)61-52-24-12-15-27-55(52)63-56-28-16-13-25-53(56)61/h3-37,60H,1-2H3. The predicted molar refractivity (Wildman–Crippen MR) is 261 cm³/mol. The minimum absolute atomic E-state index is 0.157. The predicted octanol–water partition coefficient (Wildman–Crippen LogP) is 16.7. The Morgan fingerprint density at radius 1 is 0.460 bits per heavy atom. The third-order valence-electron chi connectivity index (χ3n) is 12.9. The fraction of sp³-hybridized carbons (Fsp3) is 0.0508. The maximum atomic E-state index is 6.47. The van der Waals surface area contributed by atoms with Crippen molar-refractivity contribution in [1.29, 1.82) is 0 Å². The van der Waals surface area contributed by atoms with Crippen LogP contribution in [0.2, 0.25) is 0 Å². The molecule has 1 aliphatic heterocycles. The number of benzene rings is 10. The molecule has 1 aliphatic carbocycles. The Bertz CT molecular complexity index is 3370. The summed E-state index contributed by atoms with van der Waals surface area (Å²) < 4.78 is 12.9. The maximum Gasteiger partial charge on any atom is 0.151 e. The summed E-state index contributed by atoms with van der Waals surface area (Å²) in [5, 5.41) is 8.44. The van der Waals surface area contributed by atoms with Crippen molar-refractivity contribution in [2.24, 2.45) is 0 Å². The number of fused-ring (bicyclic) bond motifs is 7. The van der Waals surface area contributed by atoms with Crippen molar-refractivity contribution in [3.63, 3.8) is 0 Å². The van der Waals surface area contributed by atoms with Crippen molar-refractivity contribution in [2.75, 3.05) is 10.2 Å². The van der Waals surface area contributed by atoms with E-state index < -0.39 is 0 Å². The van der Waals surface area contributed by atoms with Crippen LogP contribution in [0, 0.1) is 0 Å². The fourth-order valence-electron chi connectivity index (χ4n) is 9.93. The number of nitrogens with zero attached hydrogens (tertiary/aromatic N) is 1. The fourth-order valence-corrected chi connectivity index (χ4v) is 9.93. The van der Waals surface area contributed by atoms with Gasteiger partial charge in [-0.1, -0.05) is 147 Å². The Balaban J connectivity index is 1.12. The average Bonchev–Trinajstić information content (AvgIpc) is 3.56. The zero-order valence-corrected chi connectivity index (χ0v) is 35.0. The molecule has 4 nitrogen and oxygen atoms in total. The Morgan fingerprint density at radius 2 is 1.06 bits per heavy atom. The third kappa shape index (κ3) is 6.06. The number of ether oxygens (including phenoxy) is 2. The molecule has 0 saturated carbocycles. The SMILES string of the molecule is CC1(C)c2ccccc2-c2ccc(-c3c4ccc(Nc5ccccc5Oc5ccccc5)cc4c(-c4ccccc4)c4ccc(N5c6ccccc6Oc6ccccc65)cc34)cc21. The molecule has 12 rings (SSSR count). The second kappa shape index (κ2) is 14.5. The van der Waals surface area contributed by atoms with E-state index in [2.05, 4.69) is 164 Å². The minimum Gasteiger partial charge on any atom is -0.455 e. The number of para-hydroxylation sites is 7. The molecule has 0 unspecified atom stereocenters. The summed E-state index contributed by atoms with van der Waals surface area (Å²) in [7, 11) is 0.